The number of benzene rings is 7. The second-order valence-electron chi connectivity index (χ2n) is 11.4. The van der Waals surface area contributed by atoms with Crippen molar-refractivity contribution in [2.75, 3.05) is 0 Å². The zero-order chi connectivity index (χ0) is 29.0. The van der Waals surface area contributed by atoms with Crippen molar-refractivity contribution < 1.29 is 0 Å². The lowest BCUT2D eigenvalue weighted by Crippen LogP contribution is -1.95. The van der Waals surface area contributed by atoms with Gasteiger partial charge in [-0.15, -0.1) is 0 Å². The molecule has 0 aliphatic heterocycles. The molecule has 2 aromatic heterocycles. The lowest BCUT2D eigenvalue weighted by Gasteiger charge is -2.12. The lowest BCUT2D eigenvalue weighted by atomic mass is 10.0. The Bertz CT molecular complexity index is 2470. The molecule has 0 saturated carbocycles. The van der Waals surface area contributed by atoms with Crippen LogP contribution in [0.5, 0.6) is 0 Å². The largest absolute Gasteiger partial charge is 0.309 e. The summed E-state index contributed by atoms with van der Waals surface area (Å²) in [4.78, 5) is 0. The molecule has 2 nitrogen and oxygen atoms in total. The third-order valence-corrected chi connectivity index (χ3v) is 8.90. The zero-order valence-corrected chi connectivity index (χ0v) is 24.1. The van der Waals surface area contributed by atoms with Gasteiger partial charge in [0, 0.05) is 32.9 Å². The first-order valence-corrected chi connectivity index (χ1v) is 15.1. The van der Waals surface area contributed by atoms with Gasteiger partial charge < -0.3 is 9.13 Å². The summed E-state index contributed by atoms with van der Waals surface area (Å²) < 4.78 is 4.90. The minimum atomic E-state index is 1.16. The van der Waals surface area contributed by atoms with Crippen molar-refractivity contribution in [2.45, 2.75) is 0 Å². The minimum absolute atomic E-state index is 1.16. The number of aromatic nitrogens is 2. The number of nitrogens with zero attached hydrogens (tertiary/aromatic N) is 2. The number of hydrogen-bond donors (Lipinski definition) is 0. The predicted octanol–water partition coefficient (Wildman–Crippen LogP) is 11.2. The highest BCUT2D eigenvalue weighted by molar-refractivity contribution is 6.26. The van der Waals surface area contributed by atoms with E-state index in [1.807, 2.05) is 0 Å². The molecule has 0 N–H and O–H groups in total. The van der Waals surface area contributed by atoms with E-state index >= 15 is 0 Å². The van der Waals surface area contributed by atoms with Crippen molar-refractivity contribution in [2.24, 2.45) is 0 Å². The molecular formula is C42H28N2. The van der Waals surface area contributed by atoms with E-state index in [0.29, 0.717) is 0 Å². The first-order chi connectivity index (χ1) is 21.8. The van der Waals surface area contributed by atoms with Crippen LogP contribution in [0.2, 0.25) is 0 Å². The molecule has 7 aromatic carbocycles. The first kappa shape index (κ1) is 24.7. The Hall–Kier alpha value is -5.86. The van der Waals surface area contributed by atoms with Crippen molar-refractivity contribution in [3.05, 3.63) is 170 Å². The summed E-state index contributed by atoms with van der Waals surface area (Å²) in [5.74, 6) is 0. The third kappa shape index (κ3) is 3.75. The van der Waals surface area contributed by atoms with Gasteiger partial charge in [-0.25, -0.2) is 0 Å². The predicted molar refractivity (Wildman–Crippen MR) is 186 cm³/mol. The van der Waals surface area contributed by atoms with E-state index in [-0.39, 0.29) is 0 Å². The van der Waals surface area contributed by atoms with Crippen LogP contribution in [0.25, 0.3) is 77.2 Å². The van der Waals surface area contributed by atoms with E-state index in [4.69, 9.17) is 0 Å². The summed E-state index contributed by atoms with van der Waals surface area (Å²) in [6.45, 7) is 0. The molecule has 0 bridgehead atoms. The molecule has 0 spiro atoms. The van der Waals surface area contributed by atoms with Gasteiger partial charge >= 0.3 is 0 Å². The van der Waals surface area contributed by atoms with Gasteiger partial charge in [0.25, 0.3) is 0 Å². The first-order valence-electron chi connectivity index (χ1n) is 15.1. The van der Waals surface area contributed by atoms with Gasteiger partial charge in [-0.05, 0) is 64.7 Å². The Kier molecular flexibility index (Phi) is 5.54. The fourth-order valence-electron chi connectivity index (χ4n) is 6.95. The van der Waals surface area contributed by atoms with Crippen LogP contribution in [-0.4, -0.2) is 9.13 Å². The van der Waals surface area contributed by atoms with Gasteiger partial charge in [0.05, 0.1) is 22.1 Å². The minimum Gasteiger partial charge on any atom is -0.309 e. The summed E-state index contributed by atoms with van der Waals surface area (Å²) in [6, 6.07) is 61.4. The molecule has 0 aliphatic carbocycles. The zero-order valence-electron chi connectivity index (χ0n) is 24.1. The van der Waals surface area contributed by atoms with Gasteiger partial charge in [0.1, 0.15) is 0 Å². The van der Waals surface area contributed by atoms with Crippen LogP contribution in [0.4, 0.5) is 0 Å². The Morgan fingerprint density at radius 2 is 0.886 bits per heavy atom. The van der Waals surface area contributed by atoms with E-state index in [1.54, 1.807) is 0 Å². The summed E-state index contributed by atoms with van der Waals surface area (Å²) in [6.07, 6.45) is 0. The number of fused-ring (bicyclic) bond motifs is 7. The highest BCUT2D eigenvalue weighted by Gasteiger charge is 2.21. The highest BCUT2D eigenvalue weighted by atomic mass is 15.0. The van der Waals surface area contributed by atoms with E-state index in [0.717, 1.165) is 11.4 Å². The topological polar surface area (TPSA) is 9.86 Å². The van der Waals surface area contributed by atoms with Crippen molar-refractivity contribution in [1.29, 1.82) is 0 Å². The molecule has 44 heavy (non-hydrogen) atoms. The van der Waals surface area contributed by atoms with Gasteiger partial charge in [0.2, 0.25) is 0 Å². The average molecular weight is 561 g/mol. The molecule has 0 aliphatic rings. The van der Waals surface area contributed by atoms with Crippen LogP contribution in [0.1, 0.15) is 0 Å². The highest BCUT2D eigenvalue weighted by Crippen LogP contribution is 2.43. The summed E-state index contributed by atoms with van der Waals surface area (Å²) in [5.41, 5.74) is 12.0. The maximum absolute atomic E-state index is 2.47. The maximum atomic E-state index is 2.47. The maximum Gasteiger partial charge on any atom is 0.0641 e. The smallest absolute Gasteiger partial charge is 0.0641 e. The van der Waals surface area contributed by atoms with Gasteiger partial charge in [-0.1, -0.05) is 127 Å². The second-order valence-corrected chi connectivity index (χ2v) is 11.4. The second kappa shape index (κ2) is 9.86. The average Bonchev–Trinajstić information content (AvgIpc) is 3.62. The normalized spacial score (nSPS) is 11.6. The standard InChI is InChI=1S/C42H28N2/c1-4-13-29(14-5-1)31-17-12-20-34(27-31)44-38-22-11-10-21-35(38)36-25-26-39-41(42(36)44)37-24-23-32(30-15-6-2-7-16-30)28-40(37)43(39)33-18-8-3-9-19-33/h1-28H. The van der Waals surface area contributed by atoms with E-state index in [2.05, 4.69) is 179 Å². The molecule has 206 valence electrons. The molecular weight excluding hydrogens is 532 g/mol. The van der Waals surface area contributed by atoms with Crippen LogP contribution in [0, 0.1) is 0 Å². The molecule has 0 amide bonds. The fraction of sp³-hybridized carbons (Fsp3) is 0. The van der Waals surface area contributed by atoms with E-state index < -0.39 is 0 Å². The van der Waals surface area contributed by atoms with Crippen LogP contribution in [0.15, 0.2) is 170 Å². The summed E-state index contributed by atoms with van der Waals surface area (Å²) >= 11 is 0. The molecule has 2 heterocycles. The van der Waals surface area contributed by atoms with Crippen LogP contribution < -0.4 is 0 Å². The Balaban J connectivity index is 1.43. The monoisotopic (exact) mass is 560 g/mol. The van der Waals surface area contributed by atoms with Crippen molar-refractivity contribution in [3.8, 4) is 33.6 Å². The van der Waals surface area contributed by atoms with Crippen molar-refractivity contribution in [1.82, 2.24) is 9.13 Å². The van der Waals surface area contributed by atoms with E-state index in [9.17, 15) is 0 Å². The summed E-state index contributed by atoms with van der Waals surface area (Å²) in [5, 5.41) is 5.04. The van der Waals surface area contributed by atoms with Crippen LogP contribution >= 0.6 is 0 Å². The molecule has 2 heteroatoms. The van der Waals surface area contributed by atoms with Crippen LogP contribution in [0.3, 0.4) is 0 Å². The van der Waals surface area contributed by atoms with Gasteiger partial charge in [0.15, 0.2) is 0 Å². The molecule has 9 rings (SSSR count). The Morgan fingerprint density at radius 3 is 1.64 bits per heavy atom. The quantitative estimate of drug-likeness (QED) is 0.203. The summed E-state index contributed by atoms with van der Waals surface area (Å²) in [7, 11) is 0. The molecule has 0 radical (unpaired) electrons. The number of hydrogen-bond acceptors (Lipinski definition) is 0. The third-order valence-electron chi connectivity index (χ3n) is 8.90. The molecule has 0 atom stereocenters. The number of para-hydroxylation sites is 2. The van der Waals surface area contributed by atoms with Crippen molar-refractivity contribution in [3.63, 3.8) is 0 Å². The van der Waals surface area contributed by atoms with Gasteiger partial charge in [-0.3, -0.25) is 0 Å². The molecule has 9 aromatic rings. The molecule has 0 unspecified atom stereocenters. The Labute approximate surface area is 255 Å². The van der Waals surface area contributed by atoms with Crippen molar-refractivity contribution >= 4 is 43.6 Å². The Morgan fingerprint density at radius 1 is 0.295 bits per heavy atom. The molecule has 0 saturated heterocycles. The molecule has 0 fully saturated rings. The lowest BCUT2D eigenvalue weighted by molar-refractivity contribution is 1.17. The number of rotatable bonds is 4. The van der Waals surface area contributed by atoms with E-state index in [1.165, 1.54) is 65.9 Å². The SMILES string of the molecule is c1ccc(-c2cccc(-n3c4ccccc4c4ccc5c(c6ccc(-c7ccccc7)cc6n5-c5ccccc5)c43)c2)cc1. The fourth-order valence-corrected chi connectivity index (χ4v) is 6.95. The van der Waals surface area contributed by atoms with Gasteiger partial charge in [-0.2, -0.15) is 0 Å². The van der Waals surface area contributed by atoms with Crippen LogP contribution in [-0.2, 0) is 0 Å².